The zero-order valence-corrected chi connectivity index (χ0v) is 17.7. The number of rotatable bonds is 6. The van der Waals surface area contributed by atoms with Crippen LogP contribution in [0.4, 0.5) is 5.69 Å². The maximum absolute atomic E-state index is 13.1. The molecular formula is C24H30N2O3. The Kier molecular flexibility index (Phi) is 6.38. The van der Waals surface area contributed by atoms with Crippen LogP contribution in [-0.2, 0) is 6.54 Å². The first-order valence-electron chi connectivity index (χ1n) is 10.2. The Morgan fingerprint density at radius 3 is 2.59 bits per heavy atom. The van der Waals surface area contributed by atoms with E-state index in [1.807, 2.05) is 51.1 Å². The summed E-state index contributed by atoms with van der Waals surface area (Å²) >= 11 is 0. The normalized spacial score (nSPS) is 16.2. The number of ketones is 1. The highest BCUT2D eigenvalue weighted by atomic mass is 16.3. The van der Waals surface area contributed by atoms with Gasteiger partial charge in [0.05, 0.1) is 18.2 Å². The van der Waals surface area contributed by atoms with Crippen LogP contribution in [0.3, 0.4) is 0 Å². The monoisotopic (exact) mass is 394 g/mol. The van der Waals surface area contributed by atoms with Gasteiger partial charge in [0.2, 0.25) is 0 Å². The molecule has 1 aliphatic heterocycles. The topological polar surface area (TPSA) is 69.6 Å². The van der Waals surface area contributed by atoms with E-state index < -0.39 is 0 Å². The van der Waals surface area contributed by atoms with E-state index in [1.54, 1.807) is 11.8 Å². The van der Waals surface area contributed by atoms with E-state index in [4.69, 9.17) is 0 Å². The number of hydrogen-bond donors (Lipinski definition) is 2. The fourth-order valence-corrected chi connectivity index (χ4v) is 4.50. The van der Waals surface area contributed by atoms with Crippen LogP contribution in [0.2, 0.25) is 0 Å². The number of benzene rings is 2. The number of aliphatic hydroxyl groups excluding tert-OH is 1. The molecule has 0 spiro atoms. The SMILES string of the molecule is CC(=O)c1c(C)cc(C)c(CNc2ccccc2C(=O)N2CCCC2CO)c1C. The Bertz CT molecular complexity index is 936. The third-order valence-corrected chi connectivity index (χ3v) is 5.94. The highest BCUT2D eigenvalue weighted by Gasteiger charge is 2.29. The van der Waals surface area contributed by atoms with E-state index in [2.05, 4.69) is 5.32 Å². The van der Waals surface area contributed by atoms with Crippen LogP contribution in [0.1, 0.15) is 62.7 Å². The van der Waals surface area contributed by atoms with Crippen molar-refractivity contribution in [2.45, 2.75) is 53.1 Å². The zero-order chi connectivity index (χ0) is 21.1. The van der Waals surface area contributed by atoms with Gasteiger partial charge < -0.3 is 15.3 Å². The number of nitrogens with zero attached hydrogens (tertiary/aromatic N) is 1. The molecule has 1 fully saturated rings. The summed E-state index contributed by atoms with van der Waals surface area (Å²) in [5.41, 5.74) is 6.35. The lowest BCUT2D eigenvalue weighted by molar-refractivity contribution is 0.0678. The van der Waals surface area contributed by atoms with Crippen LogP contribution >= 0.6 is 0 Å². The third-order valence-electron chi connectivity index (χ3n) is 5.94. The van der Waals surface area contributed by atoms with Crippen molar-refractivity contribution in [3.8, 4) is 0 Å². The summed E-state index contributed by atoms with van der Waals surface area (Å²) in [4.78, 5) is 27.0. The van der Waals surface area contributed by atoms with Gasteiger partial charge in [0.25, 0.3) is 5.91 Å². The van der Waals surface area contributed by atoms with Gasteiger partial charge in [-0.25, -0.2) is 0 Å². The van der Waals surface area contributed by atoms with Crippen molar-refractivity contribution in [2.75, 3.05) is 18.5 Å². The number of amides is 1. The fraction of sp³-hybridized carbons (Fsp3) is 0.417. The second-order valence-electron chi connectivity index (χ2n) is 7.92. The zero-order valence-electron chi connectivity index (χ0n) is 17.7. The molecule has 154 valence electrons. The molecule has 1 amide bonds. The highest BCUT2D eigenvalue weighted by molar-refractivity contribution is 6.00. The summed E-state index contributed by atoms with van der Waals surface area (Å²) in [6, 6.07) is 9.44. The molecule has 1 aliphatic rings. The average molecular weight is 395 g/mol. The summed E-state index contributed by atoms with van der Waals surface area (Å²) in [5.74, 6) is 0.0207. The summed E-state index contributed by atoms with van der Waals surface area (Å²) in [7, 11) is 0. The number of anilines is 1. The second kappa shape index (κ2) is 8.78. The molecule has 0 radical (unpaired) electrons. The van der Waals surface area contributed by atoms with Crippen molar-refractivity contribution in [1.82, 2.24) is 4.90 Å². The minimum absolute atomic E-state index is 0.00306. The molecule has 2 N–H and O–H groups in total. The number of likely N-dealkylation sites (tertiary alicyclic amines) is 1. The molecule has 1 unspecified atom stereocenters. The predicted molar refractivity (Wildman–Crippen MR) is 116 cm³/mol. The third kappa shape index (κ3) is 4.20. The molecule has 2 aromatic rings. The first kappa shape index (κ1) is 21.1. The van der Waals surface area contributed by atoms with Crippen molar-refractivity contribution in [3.63, 3.8) is 0 Å². The van der Waals surface area contributed by atoms with Gasteiger partial charge in [-0.2, -0.15) is 0 Å². The Labute approximate surface area is 172 Å². The van der Waals surface area contributed by atoms with E-state index in [0.717, 1.165) is 46.3 Å². The van der Waals surface area contributed by atoms with Crippen LogP contribution in [0.15, 0.2) is 30.3 Å². The minimum Gasteiger partial charge on any atom is -0.394 e. The van der Waals surface area contributed by atoms with Crippen LogP contribution in [0.5, 0.6) is 0 Å². The predicted octanol–water partition coefficient (Wildman–Crippen LogP) is 4.02. The van der Waals surface area contributed by atoms with Gasteiger partial charge >= 0.3 is 0 Å². The number of carbonyl (C=O) groups excluding carboxylic acids is 2. The van der Waals surface area contributed by atoms with Crippen molar-refractivity contribution in [2.24, 2.45) is 0 Å². The summed E-state index contributed by atoms with van der Waals surface area (Å²) in [5, 5.41) is 13.0. The number of carbonyl (C=O) groups is 2. The van der Waals surface area contributed by atoms with Gasteiger partial charge in [-0.15, -0.1) is 0 Å². The number of aliphatic hydroxyl groups is 1. The lowest BCUT2D eigenvalue weighted by Crippen LogP contribution is -2.37. The molecular weight excluding hydrogens is 364 g/mol. The molecule has 5 nitrogen and oxygen atoms in total. The van der Waals surface area contributed by atoms with Gasteiger partial charge in [0.15, 0.2) is 5.78 Å². The van der Waals surface area contributed by atoms with Crippen molar-refractivity contribution < 1.29 is 14.7 Å². The molecule has 2 aromatic carbocycles. The lowest BCUT2D eigenvalue weighted by Gasteiger charge is -2.24. The first-order chi connectivity index (χ1) is 13.8. The van der Waals surface area contributed by atoms with E-state index in [1.165, 1.54) is 0 Å². The van der Waals surface area contributed by atoms with Gasteiger partial charge in [-0.1, -0.05) is 18.2 Å². The number of Topliss-reactive ketones (excluding diaryl/α,β-unsaturated/α-hetero) is 1. The van der Waals surface area contributed by atoms with Gasteiger partial charge in [0.1, 0.15) is 0 Å². The van der Waals surface area contributed by atoms with E-state index in [9.17, 15) is 14.7 Å². The quantitative estimate of drug-likeness (QED) is 0.726. The second-order valence-corrected chi connectivity index (χ2v) is 7.92. The lowest BCUT2D eigenvalue weighted by atomic mass is 9.91. The molecule has 3 rings (SSSR count). The van der Waals surface area contributed by atoms with E-state index >= 15 is 0 Å². The molecule has 0 bridgehead atoms. The maximum Gasteiger partial charge on any atom is 0.256 e. The number of nitrogens with one attached hydrogen (secondary N) is 1. The molecule has 0 aromatic heterocycles. The smallest absolute Gasteiger partial charge is 0.256 e. The molecule has 0 saturated carbocycles. The maximum atomic E-state index is 13.1. The molecule has 1 saturated heterocycles. The van der Waals surface area contributed by atoms with Gasteiger partial charge in [-0.05, 0) is 74.9 Å². The molecule has 1 heterocycles. The van der Waals surface area contributed by atoms with Crippen LogP contribution in [-0.4, -0.2) is 40.9 Å². The van der Waals surface area contributed by atoms with Crippen LogP contribution < -0.4 is 5.32 Å². The van der Waals surface area contributed by atoms with Crippen molar-refractivity contribution in [3.05, 3.63) is 63.7 Å². The Balaban J connectivity index is 1.87. The van der Waals surface area contributed by atoms with E-state index in [0.29, 0.717) is 18.7 Å². The Morgan fingerprint density at radius 2 is 1.90 bits per heavy atom. The standard InChI is InChI=1S/C24H30N2O3/c1-15-12-16(2)23(18(4)28)17(3)21(15)13-25-22-10-6-5-9-20(22)24(29)26-11-7-8-19(26)14-27/h5-6,9-10,12,19,25,27H,7-8,11,13-14H2,1-4H3. The largest absolute Gasteiger partial charge is 0.394 e. The van der Waals surface area contributed by atoms with Crippen LogP contribution in [0.25, 0.3) is 0 Å². The van der Waals surface area contributed by atoms with Gasteiger partial charge in [0, 0.05) is 24.3 Å². The number of aryl methyl sites for hydroxylation is 2. The number of para-hydroxylation sites is 1. The summed E-state index contributed by atoms with van der Waals surface area (Å²) < 4.78 is 0. The average Bonchev–Trinajstić information content (AvgIpc) is 3.15. The summed E-state index contributed by atoms with van der Waals surface area (Å²) in [6.07, 6.45) is 1.76. The fourth-order valence-electron chi connectivity index (χ4n) is 4.50. The first-order valence-corrected chi connectivity index (χ1v) is 10.2. The Morgan fingerprint density at radius 1 is 1.17 bits per heavy atom. The number of hydrogen-bond acceptors (Lipinski definition) is 4. The van der Waals surface area contributed by atoms with Crippen LogP contribution in [0, 0.1) is 20.8 Å². The molecule has 1 atom stereocenters. The van der Waals surface area contributed by atoms with E-state index in [-0.39, 0.29) is 24.3 Å². The molecule has 5 heteroatoms. The molecule has 29 heavy (non-hydrogen) atoms. The Hall–Kier alpha value is -2.66. The molecule has 0 aliphatic carbocycles. The highest BCUT2D eigenvalue weighted by Crippen LogP contribution is 2.27. The van der Waals surface area contributed by atoms with Gasteiger partial charge in [-0.3, -0.25) is 9.59 Å². The summed E-state index contributed by atoms with van der Waals surface area (Å²) in [6.45, 7) is 8.81. The minimum atomic E-state index is -0.102. The van der Waals surface area contributed by atoms with Crippen molar-refractivity contribution in [1.29, 1.82) is 0 Å². The van der Waals surface area contributed by atoms with Crippen molar-refractivity contribution >= 4 is 17.4 Å².